The second-order valence-corrected chi connectivity index (χ2v) is 13.3. The van der Waals surface area contributed by atoms with E-state index in [9.17, 15) is 0 Å². The van der Waals surface area contributed by atoms with Crippen molar-refractivity contribution in [3.05, 3.63) is 200 Å². The summed E-state index contributed by atoms with van der Waals surface area (Å²) in [5.74, 6) is 1.68. The maximum atomic E-state index is 6.22. The number of rotatable bonds is 9. The van der Waals surface area contributed by atoms with Crippen molar-refractivity contribution < 1.29 is 9.15 Å². The Balaban J connectivity index is 1.36. The molecule has 9 aromatic rings. The maximum absolute atomic E-state index is 6.22. The van der Waals surface area contributed by atoms with Crippen molar-refractivity contribution in [1.29, 1.82) is 0 Å². The molecule has 4 heteroatoms. The minimum atomic E-state index is 0.455. The molecule has 0 aliphatic rings. The highest BCUT2D eigenvalue weighted by atomic mass is 16.5. The molecule has 0 unspecified atom stereocenters. The van der Waals surface area contributed by atoms with E-state index in [1.807, 2.05) is 24.3 Å². The lowest BCUT2D eigenvalue weighted by Gasteiger charge is -2.28. The van der Waals surface area contributed by atoms with Crippen molar-refractivity contribution in [1.82, 2.24) is 10.2 Å². The van der Waals surface area contributed by atoms with Gasteiger partial charge in [0.25, 0.3) is 0 Å². The molecule has 0 aliphatic carbocycles. The topological polar surface area (TPSA) is 48.2 Å². The Labute approximate surface area is 321 Å². The number of hydrogen-bond donors (Lipinski definition) is 0. The lowest BCUT2D eigenvalue weighted by atomic mass is 9.74. The molecular weight excluding hydrogens is 673 g/mol. The van der Waals surface area contributed by atoms with Crippen molar-refractivity contribution in [3.63, 3.8) is 0 Å². The summed E-state index contributed by atoms with van der Waals surface area (Å²) >= 11 is 0. The van der Waals surface area contributed by atoms with Crippen molar-refractivity contribution in [3.8, 4) is 95.4 Å². The Hall–Kier alpha value is -7.30. The highest BCUT2D eigenvalue weighted by Gasteiger charge is 2.29. The monoisotopic (exact) mass is 708 g/mol. The Kier molecular flexibility index (Phi) is 9.13. The molecule has 55 heavy (non-hydrogen) atoms. The van der Waals surface area contributed by atoms with Gasteiger partial charge in [0.1, 0.15) is 5.75 Å². The van der Waals surface area contributed by atoms with Gasteiger partial charge >= 0.3 is 0 Å². The van der Waals surface area contributed by atoms with Gasteiger partial charge in [-0.15, -0.1) is 10.2 Å². The molecule has 0 saturated heterocycles. The van der Waals surface area contributed by atoms with Gasteiger partial charge in [-0.3, -0.25) is 0 Å². The van der Waals surface area contributed by atoms with Gasteiger partial charge in [0, 0.05) is 11.1 Å². The third kappa shape index (κ3) is 6.51. The highest BCUT2D eigenvalue weighted by Crippen LogP contribution is 2.55. The zero-order chi connectivity index (χ0) is 37.0. The van der Waals surface area contributed by atoms with E-state index < -0.39 is 0 Å². The first-order valence-electron chi connectivity index (χ1n) is 18.4. The van der Waals surface area contributed by atoms with Gasteiger partial charge in [0.05, 0.1) is 7.11 Å². The van der Waals surface area contributed by atoms with Crippen molar-refractivity contribution in [2.45, 2.75) is 0 Å². The van der Waals surface area contributed by atoms with Crippen LogP contribution in [-0.2, 0) is 0 Å². The standard InChI is InChI=1S/C51H36N2O2/c1-54-43-33-31-42(32-34-43)51-53-52-50(55-51)41-29-27-40(28-30-41)49-47(38-23-13-5-14-24-38)45(36-19-9-3-10-20-36)44(35-17-7-2-8-18-35)46(37-21-11-4-12-22-37)48(49)39-25-15-6-16-26-39/h2-34H,1H3. The number of benzene rings is 8. The lowest BCUT2D eigenvalue weighted by Crippen LogP contribution is -2.02. The average molecular weight is 709 g/mol. The molecular formula is C51H36N2O2. The smallest absolute Gasteiger partial charge is 0.248 e. The summed E-state index contributed by atoms with van der Waals surface area (Å²) in [5.41, 5.74) is 15.5. The van der Waals surface area contributed by atoms with E-state index in [4.69, 9.17) is 9.15 Å². The van der Waals surface area contributed by atoms with Gasteiger partial charge in [-0.2, -0.15) is 0 Å². The van der Waals surface area contributed by atoms with E-state index in [-0.39, 0.29) is 0 Å². The Morgan fingerprint density at radius 2 is 0.527 bits per heavy atom. The van der Waals surface area contributed by atoms with Crippen LogP contribution in [0.2, 0.25) is 0 Å². The van der Waals surface area contributed by atoms with Crippen molar-refractivity contribution in [2.24, 2.45) is 0 Å². The number of aromatic nitrogens is 2. The van der Waals surface area contributed by atoms with Crippen LogP contribution >= 0.6 is 0 Å². The van der Waals surface area contributed by atoms with Crippen LogP contribution in [0.4, 0.5) is 0 Å². The van der Waals surface area contributed by atoms with E-state index in [2.05, 4.69) is 186 Å². The molecule has 4 nitrogen and oxygen atoms in total. The van der Waals surface area contributed by atoms with E-state index in [1.165, 1.54) is 16.7 Å². The SMILES string of the molecule is COc1ccc(-c2nnc(-c3ccc(-c4c(-c5ccccc5)c(-c5ccccc5)c(-c5ccccc5)c(-c5ccccc5)c4-c4ccccc4)cc3)o2)cc1. The number of hydrogen-bond acceptors (Lipinski definition) is 4. The quantitative estimate of drug-likeness (QED) is 0.150. The molecule has 1 aromatic heterocycles. The summed E-state index contributed by atoms with van der Waals surface area (Å²) in [6.45, 7) is 0. The summed E-state index contributed by atoms with van der Waals surface area (Å²) in [6.07, 6.45) is 0. The molecule has 9 rings (SSSR count). The fraction of sp³-hybridized carbons (Fsp3) is 0.0196. The largest absolute Gasteiger partial charge is 0.497 e. The fourth-order valence-electron chi connectivity index (χ4n) is 7.48. The van der Waals surface area contributed by atoms with Gasteiger partial charge in [-0.25, -0.2) is 0 Å². The molecule has 0 saturated carbocycles. The normalized spacial score (nSPS) is 11.0. The number of ether oxygens (including phenoxy) is 1. The van der Waals surface area contributed by atoms with Crippen LogP contribution in [0.15, 0.2) is 205 Å². The first kappa shape index (κ1) is 33.5. The summed E-state index contributed by atoms with van der Waals surface area (Å²) in [5, 5.41) is 8.82. The second kappa shape index (κ2) is 15.0. The molecule has 0 atom stereocenters. The summed E-state index contributed by atoms with van der Waals surface area (Å²) in [4.78, 5) is 0. The predicted molar refractivity (Wildman–Crippen MR) is 224 cm³/mol. The van der Waals surface area contributed by atoms with Gasteiger partial charge in [0.15, 0.2) is 0 Å². The number of methoxy groups -OCH3 is 1. The molecule has 8 aromatic carbocycles. The molecule has 1 heterocycles. The lowest BCUT2D eigenvalue weighted by molar-refractivity contribution is 0.415. The van der Waals surface area contributed by atoms with Crippen LogP contribution in [0.3, 0.4) is 0 Å². The van der Waals surface area contributed by atoms with E-state index >= 15 is 0 Å². The Morgan fingerprint density at radius 3 is 0.800 bits per heavy atom. The highest BCUT2D eigenvalue weighted by molar-refractivity contribution is 6.15. The van der Waals surface area contributed by atoms with Crippen LogP contribution < -0.4 is 4.74 Å². The third-order valence-electron chi connectivity index (χ3n) is 9.99. The molecule has 0 radical (unpaired) electrons. The van der Waals surface area contributed by atoms with Crippen molar-refractivity contribution in [2.75, 3.05) is 7.11 Å². The van der Waals surface area contributed by atoms with Crippen LogP contribution in [-0.4, -0.2) is 17.3 Å². The summed E-state index contributed by atoms with van der Waals surface area (Å²) < 4.78 is 11.5. The summed E-state index contributed by atoms with van der Waals surface area (Å²) in [6, 6.07) is 70.2. The molecule has 262 valence electrons. The molecule has 0 amide bonds. The Bertz CT molecular complexity index is 2570. The zero-order valence-electron chi connectivity index (χ0n) is 30.3. The van der Waals surface area contributed by atoms with Gasteiger partial charge in [-0.1, -0.05) is 164 Å². The van der Waals surface area contributed by atoms with Crippen LogP contribution in [0.1, 0.15) is 0 Å². The van der Waals surface area contributed by atoms with Crippen LogP contribution in [0, 0.1) is 0 Å². The van der Waals surface area contributed by atoms with Gasteiger partial charge in [-0.05, 0) is 103 Å². The van der Waals surface area contributed by atoms with Crippen molar-refractivity contribution >= 4 is 0 Å². The van der Waals surface area contributed by atoms with Crippen LogP contribution in [0.5, 0.6) is 5.75 Å². The fourth-order valence-corrected chi connectivity index (χ4v) is 7.48. The molecule has 0 spiro atoms. The first-order chi connectivity index (χ1) is 27.3. The third-order valence-corrected chi connectivity index (χ3v) is 9.99. The minimum absolute atomic E-state index is 0.455. The summed E-state index contributed by atoms with van der Waals surface area (Å²) in [7, 11) is 1.65. The second-order valence-electron chi connectivity index (χ2n) is 13.3. The minimum Gasteiger partial charge on any atom is -0.497 e. The van der Waals surface area contributed by atoms with E-state index in [1.54, 1.807) is 7.11 Å². The molecule has 0 N–H and O–H groups in total. The molecule has 0 fully saturated rings. The van der Waals surface area contributed by atoms with Crippen LogP contribution in [0.25, 0.3) is 89.7 Å². The predicted octanol–water partition coefficient (Wildman–Crippen LogP) is 13.4. The molecule has 0 aliphatic heterocycles. The number of nitrogens with zero attached hydrogens (tertiary/aromatic N) is 2. The van der Waals surface area contributed by atoms with E-state index in [0.717, 1.165) is 66.9 Å². The Morgan fingerprint density at radius 1 is 0.291 bits per heavy atom. The van der Waals surface area contributed by atoms with Gasteiger partial charge in [0.2, 0.25) is 11.8 Å². The van der Waals surface area contributed by atoms with E-state index in [0.29, 0.717) is 11.8 Å². The zero-order valence-corrected chi connectivity index (χ0v) is 30.3. The molecule has 0 bridgehead atoms. The average Bonchev–Trinajstić information content (AvgIpc) is 3.78. The first-order valence-corrected chi connectivity index (χ1v) is 18.4. The van der Waals surface area contributed by atoms with Gasteiger partial charge < -0.3 is 9.15 Å². The maximum Gasteiger partial charge on any atom is 0.248 e.